The maximum atomic E-state index is 12.0. The fraction of sp³-hybridized carbons (Fsp3) is 0.429. The second kappa shape index (κ2) is 6.78. The van der Waals surface area contributed by atoms with E-state index in [9.17, 15) is 9.59 Å². The van der Waals surface area contributed by atoms with Gasteiger partial charge in [0.25, 0.3) is 0 Å². The summed E-state index contributed by atoms with van der Waals surface area (Å²) in [5.41, 5.74) is 2.21. The number of aryl methyl sites for hydroxylation is 1. The second-order valence-corrected chi connectivity index (χ2v) is 4.69. The number of benzene rings is 1. The average molecular weight is 264 g/mol. The topological polar surface area (TPSA) is 60.9 Å². The van der Waals surface area contributed by atoms with E-state index >= 15 is 0 Å². The van der Waals surface area contributed by atoms with Crippen molar-refractivity contribution in [2.45, 2.75) is 19.9 Å². The van der Waals surface area contributed by atoms with Gasteiger partial charge in [0.15, 0.2) is 0 Å². The van der Waals surface area contributed by atoms with Gasteiger partial charge in [-0.05, 0) is 12.5 Å². The molecule has 104 valence electrons. The molecule has 0 fully saturated rings. The second-order valence-electron chi connectivity index (χ2n) is 4.69. The van der Waals surface area contributed by atoms with E-state index in [1.54, 1.807) is 19.0 Å². The summed E-state index contributed by atoms with van der Waals surface area (Å²) in [5, 5.41) is 8.60. The number of carbonyl (C=O) groups is 2. The molecule has 0 aliphatic heterocycles. The van der Waals surface area contributed by atoms with Crippen LogP contribution in [-0.4, -0.2) is 47.5 Å². The van der Waals surface area contributed by atoms with Gasteiger partial charge in [0.05, 0.1) is 6.42 Å². The van der Waals surface area contributed by atoms with Crippen LogP contribution < -0.4 is 0 Å². The molecule has 0 aliphatic rings. The fourth-order valence-electron chi connectivity index (χ4n) is 1.80. The van der Waals surface area contributed by atoms with Crippen molar-refractivity contribution in [2.75, 3.05) is 20.6 Å². The summed E-state index contributed by atoms with van der Waals surface area (Å²) in [5.74, 6) is -0.902. The van der Waals surface area contributed by atoms with Crippen LogP contribution in [0.15, 0.2) is 24.3 Å². The van der Waals surface area contributed by atoms with Gasteiger partial charge < -0.3 is 14.9 Å². The zero-order chi connectivity index (χ0) is 14.4. The quantitative estimate of drug-likeness (QED) is 0.884. The lowest BCUT2D eigenvalue weighted by Crippen LogP contribution is -2.39. The predicted molar refractivity (Wildman–Crippen MR) is 72.9 cm³/mol. The summed E-state index contributed by atoms with van der Waals surface area (Å²) in [6, 6.07) is 7.78. The van der Waals surface area contributed by atoms with Gasteiger partial charge in [-0.3, -0.25) is 4.79 Å². The van der Waals surface area contributed by atoms with Gasteiger partial charge in [0.2, 0.25) is 0 Å². The minimum absolute atomic E-state index is 0.0411. The molecule has 0 radical (unpaired) electrons. The smallest absolute Gasteiger partial charge is 0.319 e. The van der Waals surface area contributed by atoms with Crippen LogP contribution in [0.3, 0.4) is 0 Å². The maximum Gasteiger partial charge on any atom is 0.319 e. The first-order chi connectivity index (χ1) is 8.90. The summed E-state index contributed by atoms with van der Waals surface area (Å²) in [6.07, 6.45) is -0.0411. The molecule has 1 N–H and O–H groups in total. The molecule has 19 heavy (non-hydrogen) atoms. The Bertz CT molecular complexity index is 460. The molecule has 1 aromatic carbocycles. The van der Waals surface area contributed by atoms with Crippen LogP contribution in [0.2, 0.25) is 0 Å². The van der Waals surface area contributed by atoms with Crippen LogP contribution in [0, 0.1) is 6.92 Å². The maximum absolute atomic E-state index is 12.0. The SMILES string of the molecule is Cc1cccc(CN(C)C(=O)N(C)CCC(=O)O)c1. The fourth-order valence-corrected chi connectivity index (χ4v) is 1.80. The number of urea groups is 1. The molecule has 5 nitrogen and oxygen atoms in total. The normalized spacial score (nSPS) is 10.1. The molecule has 0 aromatic heterocycles. The van der Waals surface area contributed by atoms with Crippen LogP contribution in [0.25, 0.3) is 0 Å². The molecule has 0 saturated carbocycles. The number of carbonyl (C=O) groups excluding carboxylic acids is 1. The van der Waals surface area contributed by atoms with E-state index in [2.05, 4.69) is 0 Å². The van der Waals surface area contributed by atoms with Gasteiger partial charge >= 0.3 is 12.0 Å². The van der Waals surface area contributed by atoms with Gasteiger partial charge in [-0.2, -0.15) is 0 Å². The molecule has 1 rings (SSSR count). The van der Waals surface area contributed by atoms with Crippen molar-refractivity contribution in [1.82, 2.24) is 9.80 Å². The molecule has 0 saturated heterocycles. The average Bonchev–Trinajstić information content (AvgIpc) is 2.34. The molecule has 0 spiro atoms. The Morgan fingerprint density at radius 3 is 2.47 bits per heavy atom. The molecule has 0 atom stereocenters. The third kappa shape index (κ3) is 4.99. The van der Waals surface area contributed by atoms with Crippen molar-refractivity contribution in [1.29, 1.82) is 0 Å². The van der Waals surface area contributed by atoms with Crippen LogP contribution >= 0.6 is 0 Å². The standard InChI is InChI=1S/C14H20N2O3/c1-11-5-4-6-12(9-11)10-16(3)14(19)15(2)8-7-13(17)18/h4-6,9H,7-8,10H2,1-3H3,(H,17,18). The summed E-state index contributed by atoms with van der Waals surface area (Å²) in [4.78, 5) is 25.5. The van der Waals surface area contributed by atoms with Crippen molar-refractivity contribution < 1.29 is 14.7 Å². The zero-order valence-corrected chi connectivity index (χ0v) is 11.6. The van der Waals surface area contributed by atoms with Crippen molar-refractivity contribution in [3.63, 3.8) is 0 Å². The van der Waals surface area contributed by atoms with Crippen molar-refractivity contribution in [2.24, 2.45) is 0 Å². The number of hydrogen-bond acceptors (Lipinski definition) is 2. The largest absolute Gasteiger partial charge is 0.481 e. The molecule has 0 heterocycles. The van der Waals surface area contributed by atoms with Crippen LogP contribution in [0.5, 0.6) is 0 Å². The highest BCUT2D eigenvalue weighted by Gasteiger charge is 2.15. The Morgan fingerprint density at radius 2 is 1.89 bits per heavy atom. The number of carboxylic acid groups (broad SMARTS) is 1. The van der Waals surface area contributed by atoms with Gasteiger partial charge in [-0.15, -0.1) is 0 Å². The molecule has 2 amide bonds. The Hall–Kier alpha value is -2.04. The predicted octanol–water partition coefficient (Wildman–Crippen LogP) is 1.95. The van der Waals surface area contributed by atoms with E-state index in [1.165, 1.54) is 4.90 Å². The van der Waals surface area contributed by atoms with Gasteiger partial charge in [-0.1, -0.05) is 29.8 Å². The zero-order valence-electron chi connectivity index (χ0n) is 11.6. The minimum Gasteiger partial charge on any atom is -0.481 e. The molecule has 0 bridgehead atoms. The summed E-state index contributed by atoms with van der Waals surface area (Å²) in [7, 11) is 3.32. The molecule has 5 heteroatoms. The highest BCUT2D eigenvalue weighted by Crippen LogP contribution is 2.08. The van der Waals surface area contributed by atoms with E-state index in [4.69, 9.17) is 5.11 Å². The molecule has 1 aromatic rings. The first-order valence-corrected chi connectivity index (χ1v) is 6.13. The molecular weight excluding hydrogens is 244 g/mol. The lowest BCUT2D eigenvalue weighted by atomic mass is 10.1. The van der Waals surface area contributed by atoms with Gasteiger partial charge in [0, 0.05) is 27.2 Å². The lowest BCUT2D eigenvalue weighted by Gasteiger charge is -2.24. The number of amides is 2. The highest BCUT2D eigenvalue weighted by molar-refractivity contribution is 5.75. The summed E-state index contributed by atoms with van der Waals surface area (Å²) >= 11 is 0. The first-order valence-electron chi connectivity index (χ1n) is 6.13. The Balaban J connectivity index is 2.54. The minimum atomic E-state index is -0.902. The first kappa shape index (κ1) is 15.0. The Kier molecular flexibility index (Phi) is 5.36. The highest BCUT2D eigenvalue weighted by atomic mass is 16.4. The lowest BCUT2D eigenvalue weighted by molar-refractivity contribution is -0.137. The van der Waals surface area contributed by atoms with E-state index < -0.39 is 5.97 Å². The van der Waals surface area contributed by atoms with Crippen LogP contribution in [0.4, 0.5) is 4.79 Å². The van der Waals surface area contributed by atoms with E-state index in [1.807, 2.05) is 31.2 Å². The number of aliphatic carboxylic acids is 1. The van der Waals surface area contributed by atoms with E-state index in [0.717, 1.165) is 11.1 Å². The summed E-state index contributed by atoms with van der Waals surface area (Å²) in [6.45, 7) is 2.73. The molecule has 0 aliphatic carbocycles. The van der Waals surface area contributed by atoms with Crippen molar-refractivity contribution >= 4 is 12.0 Å². The van der Waals surface area contributed by atoms with E-state index in [0.29, 0.717) is 6.54 Å². The van der Waals surface area contributed by atoms with Gasteiger partial charge in [0.1, 0.15) is 0 Å². The Morgan fingerprint density at radius 1 is 1.21 bits per heavy atom. The van der Waals surface area contributed by atoms with Gasteiger partial charge in [-0.25, -0.2) is 4.79 Å². The van der Waals surface area contributed by atoms with Crippen molar-refractivity contribution in [3.05, 3.63) is 35.4 Å². The number of hydrogen-bond donors (Lipinski definition) is 1. The van der Waals surface area contributed by atoms with Crippen molar-refractivity contribution in [3.8, 4) is 0 Å². The van der Waals surface area contributed by atoms with Crippen LogP contribution in [-0.2, 0) is 11.3 Å². The number of nitrogens with zero attached hydrogens (tertiary/aromatic N) is 2. The van der Waals surface area contributed by atoms with E-state index in [-0.39, 0.29) is 19.0 Å². The number of carboxylic acids is 1. The third-order valence-electron chi connectivity index (χ3n) is 2.82. The monoisotopic (exact) mass is 264 g/mol. The molecular formula is C14H20N2O3. The molecule has 0 unspecified atom stereocenters. The van der Waals surface area contributed by atoms with Crippen LogP contribution in [0.1, 0.15) is 17.5 Å². The summed E-state index contributed by atoms with van der Waals surface area (Å²) < 4.78 is 0. The number of rotatable bonds is 5. The third-order valence-corrected chi connectivity index (χ3v) is 2.82. The Labute approximate surface area is 113 Å².